The molecule has 2 aromatic rings. The van der Waals surface area contributed by atoms with Gasteiger partial charge in [0.25, 0.3) is 0 Å². The maximum absolute atomic E-state index is 13.5. The molecule has 3 rings (SSSR count). The van der Waals surface area contributed by atoms with Crippen LogP contribution in [0.1, 0.15) is 65.7 Å². The van der Waals surface area contributed by atoms with Crippen LogP contribution in [0, 0.1) is 34.6 Å². The van der Waals surface area contributed by atoms with Crippen molar-refractivity contribution >= 4 is 15.9 Å². The summed E-state index contributed by atoms with van der Waals surface area (Å²) in [5.74, 6) is 1.31. The lowest BCUT2D eigenvalue weighted by Crippen LogP contribution is -2.50. The molecule has 182 valence electrons. The normalized spacial score (nSPS) is 15.3. The number of aromatic nitrogens is 2. The van der Waals surface area contributed by atoms with E-state index in [4.69, 9.17) is 4.52 Å². The Morgan fingerprint density at radius 2 is 1.48 bits per heavy atom. The highest BCUT2D eigenvalue weighted by Crippen LogP contribution is 2.32. The minimum Gasteiger partial charge on any atom is -0.340 e. The van der Waals surface area contributed by atoms with E-state index in [1.165, 1.54) is 4.31 Å². The Balaban J connectivity index is 1.58. The van der Waals surface area contributed by atoms with Crippen molar-refractivity contribution in [3.63, 3.8) is 0 Å². The van der Waals surface area contributed by atoms with E-state index in [0.29, 0.717) is 62.1 Å². The quantitative estimate of drug-likeness (QED) is 0.579. The first-order valence-electron chi connectivity index (χ1n) is 11.7. The highest BCUT2D eigenvalue weighted by atomic mass is 32.2. The van der Waals surface area contributed by atoms with Crippen molar-refractivity contribution in [2.24, 2.45) is 0 Å². The second-order valence-electron chi connectivity index (χ2n) is 8.95. The van der Waals surface area contributed by atoms with Crippen LogP contribution in [0.4, 0.5) is 0 Å². The van der Waals surface area contributed by atoms with E-state index < -0.39 is 10.0 Å². The van der Waals surface area contributed by atoms with Crippen molar-refractivity contribution in [1.82, 2.24) is 19.3 Å². The van der Waals surface area contributed by atoms with Gasteiger partial charge >= 0.3 is 0 Å². The lowest BCUT2D eigenvalue weighted by Gasteiger charge is -2.35. The summed E-state index contributed by atoms with van der Waals surface area (Å²) in [7, 11) is -3.62. The Kier molecular flexibility index (Phi) is 7.95. The van der Waals surface area contributed by atoms with Crippen LogP contribution >= 0.6 is 0 Å². The van der Waals surface area contributed by atoms with Gasteiger partial charge in [-0.25, -0.2) is 8.42 Å². The van der Waals surface area contributed by atoms with Crippen molar-refractivity contribution in [3.05, 3.63) is 39.5 Å². The molecule has 1 aliphatic rings. The average molecular weight is 477 g/mol. The summed E-state index contributed by atoms with van der Waals surface area (Å²) in [5.41, 5.74) is 4.82. The third-order valence-corrected chi connectivity index (χ3v) is 9.06. The molecule has 1 aromatic heterocycles. The van der Waals surface area contributed by atoms with Gasteiger partial charge in [-0.1, -0.05) is 12.1 Å². The molecular formula is C24H36N4O4S. The average Bonchev–Trinajstić information content (AvgIpc) is 3.24. The number of piperazine rings is 1. The molecule has 0 spiro atoms. The van der Waals surface area contributed by atoms with E-state index in [1.54, 1.807) is 4.90 Å². The number of hydrogen-bond acceptors (Lipinski definition) is 6. The van der Waals surface area contributed by atoms with Crippen LogP contribution in [-0.2, 0) is 27.7 Å². The summed E-state index contributed by atoms with van der Waals surface area (Å²) < 4.78 is 33.7. The third-order valence-electron chi connectivity index (χ3n) is 6.89. The molecule has 0 radical (unpaired) electrons. The van der Waals surface area contributed by atoms with Gasteiger partial charge in [0.1, 0.15) is 0 Å². The van der Waals surface area contributed by atoms with E-state index in [-0.39, 0.29) is 5.91 Å². The Bertz CT molecular complexity index is 1090. The molecular weight excluding hydrogens is 440 g/mol. The van der Waals surface area contributed by atoms with Gasteiger partial charge in [-0.3, -0.25) is 4.79 Å². The number of aryl methyl sites for hydroxylation is 2. The van der Waals surface area contributed by atoms with Crippen LogP contribution in [-0.4, -0.2) is 59.8 Å². The minimum atomic E-state index is -3.62. The van der Waals surface area contributed by atoms with Gasteiger partial charge in [-0.05, 0) is 75.3 Å². The van der Waals surface area contributed by atoms with Gasteiger partial charge in [-0.15, -0.1) is 0 Å². The first kappa shape index (κ1) is 25.4. The van der Waals surface area contributed by atoms with Crippen LogP contribution < -0.4 is 0 Å². The molecule has 8 nitrogen and oxygen atoms in total. The molecule has 0 saturated carbocycles. The SMILES string of the molecule is CCCc1noc(CCCC(=O)N2CCN(S(=O)(=O)c3c(C)c(C)c(C)c(C)c3C)CC2)n1. The second kappa shape index (κ2) is 10.3. The topological polar surface area (TPSA) is 96.6 Å². The lowest BCUT2D eigenvalue weighted by molar-refractivity contribution is -0.132. The fourth-order valence-electron chi connectivity index (χ4n) is 4.43. The number of benzene rings is 1. The minimum absolute atomic E-state index is 0.0368. The number of nitrogens with zero attached hydrogens (tertiary/aromatic N) is 4. The third kappa shape index (κ3) is 5.30. The van der Waals surface area contributed by atoms with Crippen molar-refractivity contribution in [3.8, 4) is 0 Å². The maximum Gasteiger partial charge on any atom is 0.243 e. The predicted molar refractivity (Wildman–Crippen MR) is 127 cm³/mol. The van der Waals surface area contributed by atoms with Gasteiger partial charge < -0.3 is 9.42 Å². The maximum atomic E-state index is 13.5. The number of amides is 1. The van der Waals surface area contributed by atoms with Crippen LogP contribution in [0.5, 0.6) is 0 Å². The van der Waals surface area contributed by atoms with Gasteiger partial charge in [-0.2, -0.15) is 9.29 Å². The van der Waals surface area contributed by atoms with Gasteiger partial charge in [0.15, 0.2) is 5.82 Å². The molecule has 0 bridgehead atoms. The molecule has 1 amide bonds. The molecule has 1 fully saturated rings. The molecule has 1 saturated heterocycles. The Morgan fingerprint density at radius 3 is 2.06 bits per heavy atom. The van der Waals surface area contributed by atoms with E-state index in [9.17, 15) is 13.2 Å². The van der Waals surface area contributed by atoms with Crippen molar-refractivity contribution < 1.29 is 17.7 Å². The summed E-state index contributed by atoms with van der Waals surface area (Å²) in [5, 5.41) is 3.93. The molecule has 0 N–H and O–H groups in total. The number of rotatable bonds is 8. The Hall–Kier alpha value is -2.26. The smallest absolute Gasteiger partial charge is 0.243 e. The summed E-state index contributed by atoms with van der Waals surface area (Å²) in [6.45, 7) is 13.2. The highest BCUT2D eigenvalue weighted by Gasteiger charge is 2.33. The van der Waals surface area contributed by atoms with Crippen LogP contribution in [0.15, 0.2) is 9.42 Å². The molecule has 9 heteroatoms. The van der Waals surface area contributed by atoms with Gasteiger partial charge in [0.2, 0.25) is 21.8 Å². The van der Waals surface area contributed by atoms with Crippen LogP contribution in [0.25, 0.3) is 0 Å². The predicted octanol–water partition coefficient (Wildman–Crippen LogP) is 3.42. The van der Waals surface area contributed by atoms with E-state index in [2.05, 4.69) is 17.1 Å². The molecule has 2 heterocycles. The summed E-state index contributed by atoms with van der Waals surface area (Å²) in [6, 6.07) is 0. The largest absolute Gasteiger partial charge is 0.340 e. The highest BCUT2D eigenvalue weighted by molar-refractivity contribution is 7.89. The van der Waals surface area contributed by atoms with Crippen molar-refractivity contribution in [2.75, 3.05) is 26.2 Å². The Labute approximate surface area is 197 Å². The van der Waals surface area contributed by atoms with E-state index in [1.807, 2.05) is 34.6 Å². The monoisotopic (exact) mass is 476 g/mol. The number of carbonyl (C=O) groups is 1. The number of carbonyl (C=O) groups excluding carboxylic acids is 1. The summed E-state index contributed by atoms with van der Waals surface area (Å²) >= 11 is 0. The molecule has 0 aliphatic carbocycles. The zero-order valence-electron chi connectivity index (χ0n) is 20.7. The van der Waals surface area contributed by atoms with Crippen LogP contribution in [0.2, 0.25) is 0 Å². The molecule has 0 atom stereocenters. The zero-order valence-corrected chi connectivity index (χ0v) is 21.5. The van der Waals surface area contributed by atoms with Gasteiger partial charge in [0, 0.05) is 45.4 Å². The molecule has 33 heavy (non-hydrogen) atoms. The number of sulfonamides is 1. The molecule has 0 unspecified atom stereocenters. The standard InChI is InChI=1S/C24H36N4O4S/c1-7-9-21-25-22(32-26-21)10-8-11-23(29)27-12-14-28(15-13-27)33(30,31)24-19(5)17(3)16(2)18(4)20(24)6/h7-15H2,1-6H3. The zero-order chi connectivity index (χ0) is 24.3. The van der Waals surface area contributed by atoms with Crippen LogP contribution in [0.3, 0.4) is 0 Å². The number of hydrogen-bond donors (Lipinski definition) is 0. The first-order valence-corrected chi connectivity index (χ1v) is 13.2. The van der Waals surface area contributed by atoms with Crippen molar-refractivity contribution in [1.29, 1.82) is 0 Å². The lowest BCUT2D eigenvalue weighted by atomic mass is 9.95. The molecule has 1 aromatic carbocycles. The second-order valence-corrected chi connectivity index (χ2v) is 10.8. The van der Waals surface area contributed by atoms with E-state index in [0.717, 1.165) is 40.7 Å². The summed E-state index contributed by atoms with van der Waals surface area (Å²) in [6.07, 6.45) is 3.33. The Morgan fingerprint density at radius 1 is 0.909 bits per heavy atom. The van der Waals surface area contributed by atoms with Crippen molar-refractivity contribution in [2.45, 2.75) is 78.5 Å². The van der Waals surface area contributed by atoms with E-state index >= 15 is 0 Å². The molecule has 1 aliphatic heterocycles. The fourth-order valence-corrected chi connectivity index (χ4v) is 6.41. The van der Waals surface area contributed by atoms with Gasteiger partial charge in [0.05, 0.1) is 4.90 Å². The fraction of sp³-hybridized carbons (Fsp3) is 0.625. The summed E-state index contributed by atoms with van der Waals surface area (Å²) in [4.78, 5) is 19.2. The first-order chi connectivity index (χ1) is 15.6.